The molecule has 0 aliphatic rings. The smallest absolute Gasteiger partial charge is 0.343 e. The van der Waals surface area contributed by atoms with Gasteiger partial charge in [0.1, 0.15) is 16.5 Å². The summed E-state index contributed by atoms with van der Waals surface area (Å²) >= 11 is 6.25. The lowest BCUT2D eigenvalue weighted by atomic mass is 10.0. The van der Waals surface area contributed by atoms with Crippen LogP contribution in [0.4, 0.5) is 4.39 Å². The van der Waals surface area contributed by atoms with Crippen LogP contribution < -0.4 is 5.32 Å². The molecule has 1 amide bonds. The van der Waals surface area contributed by atoms with E-state index >= 15 is 0 Å². The number of aromatic nitrogens is 2. The van der Waals surface area contributed by atoms with Gasteiger partial charge < -0.3 is 10.1 Å². The Labute approximate surface area is 156 Å². The van der Waals surface area contributed by atoms with Crippen LogP contribution >= 0.6 is 11.6 Å². The average molecular weight is 382 g/mol. The summed E-state index contributed by atoms with van der Waals surface area (Å²) in [4.78, 5) is 24.2. The van der Waals surface area contributed by atoms with Gasteiger partial charge in [-0.2, -0.15) is 5.10 Å². The summed E-state index contributed by atoms with van der Waals surface area (Å²) in [5.74, 6) is -1.54. The van der Waals surface area contributed by atoms with Crippen molar-refractivity contribution >= 4 is 23.5 Å². The minimum Gasteiger partial charge on any atom is -0.452 e. The Morgan fingerprint density at radius 3 is 2.50 bits per heavy atom. The van der Waals surface area contributed by atoms with Gasteiger partial charge in [0.2, 0.25) is 0 Å². The van der Waals surface area contributed by atoms with Crippen LogP contribution in [0.2, 0.25) is 5.15 Å². The van der Waals surface area contributed by atoms with Gasteiger partial charge in [0.15, 0.2) is 6.61 Å². The van der Waals surface area contributed by atoms with Crippen molar-refractivity contribution < 1.29 is 18.7 Å². The summed E-state index contributed by atoms with van der Waals surface area (Å²) in [6.45, 7) is 6.88. The highest BCUT2D eigenvalue weighted by molar-refractivity contribution is 6.33. The first-order chi connectivity index (χ1) is 12.1. The minimum absolute atomic E-state index is 0.0356. The monoisotopic (exact) mass is 381 g/mol. The second-order valence-corrected chi connectivity index (χ2v) is 6.86. The third-order valence-electron chi connectivity index (χ3n) is 3.98. The quantitative estimate of drug-likeness (QED) is 0.778. The lowest BCUT2D eigenvalue weighted by Crippen LogP contribution is -2.44. The fourth-order valence-electron chi connectivity index (χ4n) is 2.19. The Balaban J connectivity index is 2.12. The number of benzene rings is 1. The number of nitrogens with zero attached hydrogens (tertiary/aromatic N) is 2. The molecule has 140 valence electrons. The van der Waals surface area contributed by atoms with Crippen molar-refractivity contribution in [3.05, 3.63) is 46.5 Å². The SMILES string of the molecule is CCC(C)(C)NC(=O)COC(=O)c1c(C)nn(-c2ccc(F)cc2)c1Cl. The molecule has 0 unspecified atom stereocenters. The van der Waals surface area contributed by atoms with Gasteiger partial charge in [-0.05, 0) is 51.5 Å². The Morgan fingerprint density at radius 1 is 1.31 bits per heavy atom. The number of halogens is 2. The topological polar surface area (TPSA) is 73.2 Å². The van der Waals surface area contributed by atoms with Gasteiger partial charge in [0.05, 0.1) is 11.4 Å². The number of rotatable bonds is 6. The fraction of sp³-hybridized carbons (Fsp3) is 0.389. The van der Waals surface area contributed by atoms with Crippen molar-refractivity contribution in [3.63, 3.8) is 0 Å². The van der Waals surface area contributed by atoms with Crippen molar-refractivity contribution in [1.29, 1.82) is 0 Å². The molecule has 26 heavy (non-hydrogen) atoms. The molecule has 2 rings (SSSR count). The van der Waals surface area contributed by atoms with E-state index in [1.165, 1.54) is 28.9 Å². The summed E-state index contributed by atoms with van der Waals surface area (Å²) < 4.78 is 19.4. The van der Waals surface area contributed by atoms with E-state index in [-0.39, 0.29) is 16.3 Å². The fourth-order valence-corrected chi connectivity index (χ4v) is 2.54. The van der Waals surface area contributed by atoms with E-state index in [1.54, 1.807) is 6.92 Å². The summed E-state index contributed by atoms with van der Waals surface area (Å²) in [5, 5.41) is 7.00. The second-order valence-electron chi connectivity index (χ2n) is 6.50. The molecule has 8 heteroatoms. The van der Waals surface area contributed by atoms with Crippen LogP contribution in [0.25, 0.3) is 5.69 Å². The highest BCUT2D eigenvalue weighted by atomic mass is 35.5. The molecule has 0 saturated carbocycles. The lowest BCUT2D eigenvalue weighted by molar-refractivity contribution is -0.125. The van der Waals surface area contributed by atoms with Crippen LogP contribution in [0.5, 0.6) is 0 Å². The molecule has 1 aromatic carbocycles. The van der Waals surface area contributed by atoms with Gasteiger partial charge in [0, 0.05) is 5.54 Å². The molecule has 0 bridgehead atoms. The first-order valence-electron chi connectivity index (χ1n) is 8.14. The standard InChI is InChI=1S/C18H21ClFN3O3/c1-5-18(3,4)21-14(24)10-26-17(25)15-11(2)22-23(16(15)19)13-8-6-12(20)7-9-13/h6-9H,5,10H2,1-4H3,(H,21,24). The van der Waals surface area contributed by atoms with Crippen molar-refractivity contribution in [2.45, 2.75) is 39.7 Å². The van der Waals surface area contributed by atoms with E-state index in [2.05, 4.69) is 10.4 Å². The third kappa shape index (κ3) is 4.60. The molecule has 0 aliphatic carbocycles. The van der Waals surface area contributed by atoms with Crippen LogP contribution in [-0.4, -0.2) is 33.8 Å². The molecule has 0 radical (unpaired) electrons. The molecule has 2 aromatic rings. The van der Waals surface area contributed by atoms with Crippen LogP contribution in [0, 0.1) is 12.7 Å². The lowest BCUT2D eigenvalue weighted by Gasteiger charge is -2.24. The van der Waals surface area contributed by atoms with E-state index in [9.17, 15) is 14.0 Å². The van der Waals surface area contributed by atoms with E-state index in [0.29, 0.717) is 11.4 Å². The van der Waals surface area contributed by atoms with Crippen molar-refractivity contribution in [3.8, 4) is 5.69 Å². The van der Waals surface area contributed by atoms with Crippen molar-refractivity contribution in [1.82, 2.24) is 15.1 Å². The highest BCUT2D eigenvalue weighted by Gasteiger charge is 2.24. The molecule has 0 atom stereocenters. The van der Waals surface area contributed by atoms with Crippen LogP contribution in [0.15, 0.2) is 24.3 Å². The van der Waals surface area contributed by atoms with E-state index in [1.807, 2.05) is 20.8 Å². The van der Waals surface area contributed by atoms with Gasteiger partial charge in [-0.1, -0.05) is 18.5 Å². The minimum atomic E-state index is -0.745. The van der Waals surface area contributed by atoms with Crippen LogP contribution in [0.3, 0.4) is 0 Å². The number of amides is 1. The van der Waals surface area contributed by atoms with Crippen LogP contribution in [-0.2, 0) is 9.53 Å². The van der Waals surface area contributed by atoms with Crippen molar-refractivity contribution in [2.75, 3.05) is 6.61 Å². The number of ether oxygens (including phenoxy) is 1. The van der Waals surface area contributed by atoms with Gasteiger partial charge in [0.25, 0.3) is 5.91 Å². The summed E-state index contributed by atoms with van der Waals surface area (Å²) in [6, 6.07) is 5.51. The average Bonchev–Trinajstić information content (AvgIpc) is 2.87. The molecule has 1 N–H and O–H groups in total. The summed E-state index contributed by atoms with van der Waals surface area (Å²) in [5.41, 5.74) is 0.531. The normalized spacial score (nSPS) is 11.3. The number of carbonyl (C=O) groups excluding carboxylic acids is 2. The number of hydrogen-bond acceptors (Lipinski definition) is 4. The zero-order valence-electron chi connectivity index (χ0n) is 15.1. The predicted octanol–water partition coefficient (Wildman–Crippen LogP) is 3.43. The molecular weight excluding hydrogens is 361 g/mol. The van der Waals surface area contributed by atoms with E-state index < -0.39 is 24.3 Å². The van der Waals surface area contributed by atoms with Crippen molar-refractivity contribution in [2.24, 2.45) is 0 Å². The number of aryl methyl sites for hydroxylation is 1. The highest BCUT2D eigenvalue weighted by Crippen LogP contribution is 2.24. The van der Waals surface area contributed by atoms with E-state index in [4.69, 9.17) is 16.3 Å². The second kappa shape index (κ2) is 7.86. The molecule has 0 saturated heterocycles. The van der Waals surface area contributed by atoms with Gasteiger partial charge in [-0.15, -0.1) is 0 Å². The first-order valence-corrected chi connectivity index (χ1v) is 8.51. The number of carbonyl (C=O) groups is 2. The number of nitrogens with one attached hydrogen (secondary N) is 1. The Hall–Kier alpha value is -2.41. The van der Waals surface area contributed by atoms with E-state index in [0.717, 1.165) is 6.42 Å². The largest absolute Gasteiger partial charge is 0.452 e. The molecular formula is C18H21ClFN3O3. The maximum Gasteiger partial charge on any atom is 0.343 e. The molecule has 0 aliphatic heterocycles. The molecule has 0 fully saturated rings. The molecule has 6 nitrogen and oxygen atoms in total. The summed E-state index contributed by atoms with van der Waals surface area (Å²) in [6.07, 6.45) is 0.738. The summed E-state index contributed by atoms with van der Waals surface area (Å²) in [7, 11) is 0. The number of esters is 1. The molecule has 1 aromatic heterocycles. The maximum atomic E-state index is 13.1. The first kappa shape index (κ1) is 19.9. The number of hydrogen-bond donors (Lipinski definition) is 1. The zero-order valence-corrected chi connectivity index (χ0v) is 15.9. The predicted molar refractivity (Wildman–Crippen MR) is 96.1 cm³/mol. The maximum absolute atomic E-state index is 13.1. The van der Waals surface area contributed by atoms with Gasteiger partial charge in [-0.25, -0.2) is 13.9 Å². The van der Waals surface area contributed by atoms with Crippen LogP contribution in [0.1, 0.15) is 43.2 Å². The zero-order chi connectivity index (χ0) is 19.5. The third-order valence-corrected chi connectivity index (χ3v) is 4.32. The Kier molecular flexibility index (Phi) is 6.02. The van der Waals surface area contributed by atoms with Gasteiger partial charge in [-0.3, -0.25) is 4.79 Å². The Morgan fingerprint density at radius 2 is 1.92 bits per heavy atom. The van der Waals surface area contributed by atoms with Gasteiger partial charge >= 0.3 is 5.97 Å². The molecule has 1 heterocycles. The molecule has 0 spiro atoms. The Bertz CT molecular complexity index is 816.